The molecule has 0 atom stereocenters. The van der Waals surface area contributed by atoms with Crippen LogP contribution < -0.4 is 21.2 Å². The van der Waals surface area contributed by atoms with Crippen LogP contribution >= 0.6 is 0 Å². The number of rotatable bonds is 7. The molecule has 0 bridgehead atoms. The van der Waals surface area contributed by atoms with Crippen molar-refractivity contribution in [1.29, 1.82) is 0 Å². The lowest BCUT2D eigenvalue weighted by atomic mass is 10.1. The Morgan fingerprint density at radius 1 is 1.26 bits per heavy atom. The Balaban J connectivity index is 1.68. The maximum absolute atomic E-state index is 12.3. The molecule has 0 unspecified atom stereocenters. The maximum atomic E-state index is 12.3. The normalized spacial score (nSPS) is 10.7. The first-order chi connectivity index (χ1) is 13.1. The van der Waals surface area contributed by atoms with E-state index in [0.29, 0.717) is 36.3 Å². The topological polar surface area (TPSA) is 103 Å². The molecule has 2 heterocycles. The Morgan fingerprint density at radius 3 is 2.89 bits per heavy atom. The molecule has 0 saturated heterocycles. The number of nitrogens with zero attached hydrogens (tertiary/aromatic N) is 2. The van der Waals surface area contributed by atoms with Crippen molar-refractivity contribution in [3.63, 3.8) is 0 Å². The molecule has 0 spiro atoms. The largest absolute Gasteiger partial charge is 0.490 e. The van der Waals surface area contributed by atoms with Gasteiger partial charge < -0.3 is 14.5 Å². The Morgan fingerprint density at radius 2 is 2.11 bits per heavy atom. The van der Waals surface area contributed by atoms with Gasteiger partial charge in [-0.25, -0.2) is 9.48 Å². The number of fused-ring (bicyclic) bond motifs is 1. The van der Waals surface area contributed by atoms with Crippen molar-refractivity contribution < 1.29 is 13.9 Å². The maximum Gasteiger partial charge on any atom is 0.349 e. The lowest BCUT2D eigenvalue weighted by Crippen LogP contribution is -2.30. The van der Waals surface area contributed by atoms with Gasteiger partial charge in [-0.05, 0) is 31.5 Å². The van der Waals surface area contributed by atoms with Crippen LogP contribution in [0, 0.1) is 0 Å². The minimum absolute atomic E-state index is 0.0776. The summed E-state index contributed by atoms with van der Waals surface area (Å²) in [6.07, 6.45) is 2.02. The molecular formula is C19H19N3O5. The van der Waals surface area contributed by atoms with E-state index in [2.05, 4.69) is 10.4 Å². The van der Waals surface area contributed by atoms with Gasteiger partial charge in [0.25, 0.3) is 11.5 Å². The highest BCUT2D eigenvalue weighted by Gasteiger charge is 2.15. The van der Waals surface area contributed by atoms with E-state index in [1.807, 2.05) is 6.92 Å². The number of aromatic nitrogens is 2. The van der Waals surface area contributed by atoms with E-state index >= 15 is 0 Å². The third-order valence-corrected chi connectivity index (χ3v) is 3.89. The minimum Gasteiger partial charge on any atom is -0.490 e. The molecule has 8 heteroatoms. The summed E-state index contributed by atoms with van der Waals surface area (Å²) in [5.74, 6) is -0.0688. The fraction of sp³-hybridized carbons (Fsp3) is 0.263. The summed E-state index contributed by atoms with van der Waals surface area (Å²) in [5, 5.41) is 7.20. The summed E-state index contributed by atoms with van der Waals surface area (Å²) in [7, 11) is 0. The molecule has 1 N–H and O–H groups in total. The van der Waals surface area contributed by atoms with Gasteiger partial charge in [-0.2, -0.15) is 5.10 Å². The van der Waals surface area contributed by atoms with Crippen molar-refractivity contribution in [3.8, 4) is 5.75 Å². The number of benzene rings is 1. The van der Waals surface area contributed by atoms with E-state index < -0.39 is 11.5 Å². The fourth-order valence-corrected chi connectivity index (χ4v) is 2.63. The Kier molecular flexibility index (Phi) is 5.65. The van der Waals surface area contributed by atoms with E-state index in [4.69, 9.17) is 9.15 Å². The molecule has 0 radical (unpaired) electrons. The van der Waals surface area contributed by atoms with Gasteiger partial charge in [-0.3, -0.25) is 9.59 Å². The molecule has 3 rings (SSSR count). The summed E-state index contributed by atoms with van der Waals surface area (Å²) in [5.41, 5.74) is -0.696. The summed E-state index contributed by atoms with van der Waals surface area (Å²) in [4.78, 5) is 36.1. The van der Waals surface area contributed by atoms with Crippen LogP contribution in [0.1, 0.15) is 23.7 Å². The zero-order valence-electron chi connectivity index (χ0n) is 14.8. The zero-order chi connectivity index (χ0) is 19.2. The molecule has 2 aromatic heterocycles. The Hall–Kier alpha value is -3.42. The third kappa shape index (κ3) is 4.22. The van der Waals surface area contributed by atoms with Gasteiger partial charge in [0.2, 0.25) is 0 Å². The quantitative estimate of drug-likeness (QED) is 0.501. The fourth-order valence-electron chi connectivity index (χ4n) is 2.63. The molecule has 1 amide bonds. The number of hydrogen-bond donors (Lipinski definition) is 1. The number of carbonyl (C=O) groups excluding carboxylic acids is 1. The van der Waals surface area contributed by atoms with Crippen LogP contribution in [0.5, 0.6) is 5.75 Å². The molecular weight excluding hydrogens is 350 g/mol. The van der Waals surface area contributed by atoms with Gasteiger partial charge in [0.05, 0.1) is 6.61 Å². The Bertz CT molecular complexity index is 1070. The highest BCUT2D eigenvalue weighted by Crippen LogP contribution is 2.24. The van der Waals surface area contributed by atoms with Gasteiger partial charge in [0.1, 0.15) is 5.56 Å². The van der Waals surface area contributed by atoms with Gasteiger partial charge in [0, 0.05) is 30.7 Å². The van der Waals surface area contributed by atoms with Gasteiger partial charge in [-0.1, -0.05) is 12.1 Å². The number of hydrogen-bond acceptors (Lipinski definition) is 6. The molecule has 8 nitrogen and oxygen atoms in total. The van der Waals surface area contributed by atoms with Crippen LogP contribution in [0.4, 0.5) is 0 Å². The number of para-hydroxylation sites is 1. The number of nitrogens with one attached hydrogen (secondary N) is 1. The van der Waals surface area contributed by atoms with Crippen molar-refractivity contribution in [2.45, 2.75) is 19.9 Å². The standard InChI is InChI=1S/C19H19N3O5/c1-2-26-15-7-3-6-13-12-14(19(25)27-17(13)15)18(24)20-9-5-11-22-16(23)8-4-10-21-22/h3-4,6-8,10,12H,2,5,9,11H2,1H3,(H,20,24). The SMILES string of the molecule is CCOc1cccc2cc(C(=O)NCCCn3ncccc3=O)c(=O)oc12. The number of carbonyl (C=O) groups is 1. The molecule has 0 aliphatic heterocycles. The molecule has 27 heavy (non-hydrogen) atoms. The van der Waals surface area contributed by atoms with Crippen molar-refractivity contribution in [2.75, 3.05) is 13.2 Å². The van der Waals surface area contributed by atoms with E-state index in [0.717, 1.165) is 0 Å². The van der Waals surface area contributed by atoms with Crippen molar-refractivity contribution in [1.82, 2.24) is 15.1 Å². The predicted molar refractivity (Wildman–Crippen MR) is 99.1 cm³/mol. The van der Waals surface area contributed by atoms with Crippen LogP contribution in [0.3, 0.4) is 0 Å². The molecule has 0 aliphatic carbocycles. The Labute approximate surface area is 154 Å². The number of amides is 1. The van der Waals surface area contributed by atoms with Crippen molar-refractivity contribution in [3.05, 3.63) is 68.9 Å². The van der Waals surface area contributed by atoms with Crippen LogP contribution in [0.15, 0.2) is 56.6 Å². The van der Waals surface area contributed by atoms with Gasteiger partial charge in [0.15, 0.2) is 11.3 Å². The van der Waals surface area contributed by atoms with Crippen LogP contribution in [0.2, 0.25) is 0 Å². The van der Waals surface area contributed by atoms with Crippen LogP contribution in [0.25, 0.3) is 11.0 Å². The minimum atomic E-state index is -0.729. The number of ether oxygens (including phenoxy) is 1. The molecule has 140 valence electrons. The third-order valence-electron chi connectivity index (χ3n) is 3.89. The molecule has 0 aliphatic rings. The van der Waals surface area contributed by atoms with Crippen molar-refractivity contribution >= 4 is 16.9 Å². The molecule has 1 aromatic carbocycles. The average Bonchev–Trinajstić information content (AvgIpc) is 2.66. The molecule has 0 saturated carbocycles. The summed E-state index contributed by atoms with van der Waals surface area (Å²) in [6.45, 7) is 2.92. The van der Waals surface area contributed by atoms with Crippen molar-refractivity contribution in [2.24, 2.45) is 0 Å². The molecule has 0 fully saturated rings. The van der Waals surface area contributed by atoms with Gasteiger partial charge in [-0.15, -0.1) is 0 Å². The first kappa shape index (κ1) is 18.4. The zero-order valence-corrected chi connectivity index (χ0v) is 14.8. The van der Waals surface area contributed by atoms with Gasteiger partial charge >= 0.3 is 5.63 Å². The van der Waals surface area contributed by atoms with Crippen LogP contribution in [-0.4, -0.2) is 28.8 Å². The lowest BCUT2D eigenvalue weighted by Gasteiger charge is -2.08. The van der Waals surface area contributed by atoms with E-state index in [1.165, 1.54) is 23.0 Å². The van der Waals surface area contributed by atoms with E-state index in [9.17, 15) is 14.4 Å². The lowest BCUT2D eigenvalue weighted by molar-refractivity contribution is 0.0949. The van der Waals surface area contributed by atoms with E-state index in [-0.39, 0.29) is 17.7 Å². The summed E-state index contributed by atoms with van der Waals surface area (Å²) < 4.78 is 12.0. The first-order valence-electron chi connectivity index (χ1n) is 8.60. The summed E-state index contributed by atoms with van der Waals surface area (Å²) in [6, 6.07) is 9.68. The van der Waals surface area contributed by atoms with E-state index in [1.54, 1.807) is 24.3 Å². The predicted octanol–water partition coefficient (Wildman–Crippen LogP) is 1.57. The second-order valence-electron chi connectivity index (χ2n) is 5.75. The highest BCUT2D eigenvalue weighted by molar-refractivity contribution is 5.97. The second kappa shape index (κ2) is 8.31. The average molecular weight is 369 g/mol. The first-order valence-corrected chi connectivity index (χ1v) is 8.60. The van der Waals surface area contributed by atoms with Crippen LogP contribution in [-0.2, 0) is 6.54 Å². The molecule has 3 aromatic rings. The summed E-state index contributed by atoms with van der Waals surface area (Å²) >= 11 is 0. The highest BCUT2D eigenvalue weighted by atomic mass is 16.5. The monoisotopic (exact) mass is 369 g/mol. The smallest absolute Gasteiger partial charge is 0.349 e. The number of aryl methyl sites for hydroxylation is 1. The second-order valence-corrected chi connectivity index (χ2v) is 5.75.